The van der Waals surface area contributed by atoms with Crippen LogP contribution in [0.25, 0.3) is 21.3 Å². The van der Waals surface area contributed by atoms with Crippen LogP contribution in [0.2, 0.25) is 0 Å². The highest BCUT2D eigenvalue weighted by atomic mass is 32.1. The molecule has 0 atom stereocenters. The number of carbonyl (C=O) groups excluding carboxylic acids is 1. The van der Waals surface area contributed by atoms with Gasteiger partial charge >= 0.3 is 0 Å². The van der Waals surface area contributed by atoms with E-state index in [1.165, 1.54) is 22.7 Å². The maximum atomic E-state index is 13.1. The second-order valence-electron chi connectivity index (χ2n) is 6.71. The molecule has 4 aromatic rings. The quantitative estimate of drug-likeness (QED) is 0.371. The molecule has 0 radical (unpaired) electrons. The average Bonchev–Trinajstić information content (AvgIpc) is 3.38. The van der Waals surface area contributed by atoms with Gasteiger partial charge in [-0.25, -0.2) is 4.98 Å². The standard InChI is InChI=1S/C23H22N2O3S2/c1-4-7-16-15-8-5-6-9-20(15)30-21(16)22(26)25-23-24-18(13-29-23)17-12-14(27-2)10-11-19(17)28-3/h5-6,8-13H,4,7H2,1-3H3,(H,24,25,26). The number of thiophene rings is 1. The number of thiazole rings is 1. The predicted octanol–water partition coefficient (Wildman–Crippen LogP) is 6.25. The van der Waals surface area contributed by atoms with Crippen LogP contribution in [0.15, 0.2) is 47.8 Å². The molecule has 2 heterocycles. The van der Waals surface area contributed by atoms with Gasteiger partial charge in [0, 0.05) is 15.6 Å². The van der Waals surface area contributed by atoms with Gasteiger partial charge in [-0.05, 0) is 41.6 Å². The van der Waals surface area contributed by atoms with E-state index in [0.29, 0.717) is 10.9 Å². The number of fused-ring (bicyclic) bond motifs is 1. The number of nitrogens with one attached hydrogen (secondary N) is 1. The molecule has 0 saturated carbocycles. The summed E-state index contributed by atoms with van der Waals surface area (Å²) in [4.78, 5) is 18.4. The van der Waals surface area contributed by atoms with Gasteiger partial charge in [0.2, 0.25) is 0 Å². The highest BCUT2D eigenvalue weighted by molar-refractivity contribution is 7.21. The van der Waals surface area contributed by atoms with Crippen LogP contribution in [-0.2, 0) is 6.42 Å². The van der Waals surface area contributed by atoms with Gasteiger partial charge in [0.25, 0.3) is 5.91 Å². The molecule has 1 amide bonds. The Balaban J connectivity index is 1.63. The molecular formula is C23H22N2O3S2. The van der Waals surface area contributed by atoms with Crippen molar-refractivity contribution in [2.45, 2.75) is 19.8 Å². The SMILES string of the molecule is CCCc1c(C(=O)Nc2nc(-c3cc(OC)ccc3OC)cs2)sc2ccccc12. The molecule has 1 N–H and O–H groups in total. The van der Waals surface area contributed by atoms with Gasteiger partial charge in [0.1, 0.15) is 11.5 Å². The van der Waals surface area contributed by atoms with Crippen molar-refractivity contribution in [2.24, 2.45) is 0 Å². The molecule has 4 rings (SSSR count). The summed E-state index contributed by atoms with van der Waals surface area (Å²) in [6.45, 7) is 2.13. The second-order valence-corrected chi connectivity index (χ2v) is 8.62. The molecule has 0 aliphatic heterocycles. The number of hydrogen-bond donors (Lipinski definition) is 1. The van der Waals surface area contributed by atoms with Crippen LogP contribution in [0.3, 0.4) is 0 Å². The zero-order valence-electron chi connectivity index (χ0n) is 17.0. The lowest BCUT2D eigenvalue weighted by Crippen LogP contribution is -2.12. The largest absolute Gasteiger partial charge is 0.497 e. The summed E-state index contributed by atoms with van der Waals surface area (Å²) < 4.78 is 11.9. The maximum absolute atomic E-state index is 13.1. The molecule has 0 spiro atoms. The molecule has 154 valence electrons. The summed E-state index contributed by atoms with van der Waals surface area (Å²) in [7, 11) is 3.24. The van der Waals surface area contributed by atoms with Crippen molar-refractivity contribution in [3.63, 3.8) is 0 Å². The number of anilines is 1. The first-order valence-electron chi connectivity index (χ1n) is 9.64. The van der Waals surface area contributed by atoms with Crippen molar-refractivity contribution in [2.75, 3.05) is 19.5 Å². The minimum atomic E-state index is -0.113. The number of rotatable bonds is 7. The molecule has 7 heteroatoms. The number of aromatic nitrogens is 1. The monoisotopic (exact) mass is 438 g/mol. The van der Waals surface area contributed by atoms with E-state index in [4.69, 9.17) is 9.47 Å². The summed E-state index contributed by atoms with van der Waals surface area (Å²) in [6.07, 6.45) is 1.86. The molecule has 0 aliphatic carbocycles. The molecule has 0 bridgehead atoms. The molecule has 0 unspecified atom stereocenters. The van der Waals surface area contributed by atoms with Crippen LogP contribution in [0.1, 0.15) is 28.6 Å². The highest BCUT2D eigenvalue weighted by Crippen LogP contribution is 2.36. The van der Waals surface area contributed by atoms with E-state index in [1.54, 1.807) is 14.2 Å². The van der Waals surface area contributed by atoms with Crippen LogP contribution in [0.4, 0.5) is 5.13 Å². The third-order valence-electron chi connectivity index (χ3n) is 4.81. The first-order chi connectivity index (χ1) is 14.6. The number of aryl methyl sites for hydroxylation is 1. The zero-order valence-corrected chi connectivity index (χ0v) is 18.7. The Kier molecular flexibility index (Phi) is 6.01. The molecule has 2 aromatic heterocycles. The first kappa shape index (κ1) is 20.4. The van der Waals surface area contributed by atoms with Gasteiger partial charge in [-0.1, -0.05) is 31.5 Å². The normalized spacial score (nSPS) is 10.9. The van der Waals surface area contributed by atoms with Crippen LogP contribution < -0.4 is 14.8 Å². The average molecular weight is 439 g/mol. The van der Waals surface area contributed by atoms with E-state index in [1.807, 2.05) is 35.7 Å². The van der Waals surface area contributed by atoms with E-state index >= 15 is 0 Å². The number of methoxy groups -OCH3 is 2. The van der Waals surface area contributed by atoms with Crippen LogP contribution in [0, 0.1) is 0 Å². The van der Waals surface area contributed by atoms with Gasteiger partial charge in [-0.3, -0.25) is 10.1 Å². The van der Waals surface area contributed by atoms with E-state index in [2.05, 4.69) is 29.4 Å². The van der Waals surface area contributed by atoms with Crippen molar-refractivity contribution in [3.05, 3.63) is 58.3 Å². The number of benzene rings is 2. The van der Waals surface area contributed by atoms with Gasteiger partial charge in [0.15, 0.2) is 5.13 Å². The van der Waals surface area contributed by atoms with E-state index in [-0.39, 0.29) is 5.91 Å². The van der Waals surface area contributed by atoms with E-state index < -0.39 is 0 Å². The summed E-state index contributed by atoms with van der Waals surface area (Å²) in [5.74, 6) is 1.31. The Bertz CT molecular complexity index is 1200. The number of ether oxygens (including phenoxy) is 2. The summed E-state index contributed by atoms with van der Waals surface area (Å²) in [6, 6.07) is 13.7. The fraction of sp³-hybridized carbons (Fsp3) is 0.217. The molecule has 0 saturated heterocycles. The Labute approximate surface area is 183 Å². The lowest BCUT2D eigenvalue weighted by Gasteiger charge is -2.08. The Morgan fingerprint density at radius 2 is 1.97 bits per heavy atom. The lowest BCUT2D eigenvalue weighted by atomic mass is 10.1. The Hall–Kier alpha value is -2.90. The van der Waals surface area contributed by atoms with Crippen molar-refractivity contribution in [1.29, 1.82) is 0 Å². The molecule has 5 nitrogen and oxygen atoms in total. The highest BCUT2D eigenvalue weighted by Gasteiger charge is 2.19. The molecule has 30 heavy (non-hydrogen) atoms. The third kappa shape index (κ3) is 3.91. The Morgan fingerprint density at radius 3 is 2.73 bits per heavy atom. The number of amides is 1. The second kappa shape index (κ2) is 8.85. The number of hydrogen-bond acceptors (Lipinski definition) is 6. The summed E-state index contributed by atoms with van der Waals surface area (Å²) >= 11 is 2.92. The number of nitrogens with zero attached hydrogens (tertiary/aromatic N) is 1. The van der Waals surface area contributed by atoms with Crippen LogP contribution >= 0.6 is 22.7 Å². The van der Waals surface area contributed by atoms with Gasteiger partial charge in [-0.15, -0.1) is 22.7 Å². The first-order valence-corrected chi connectivity index (χ1v) is 11.3. The molecular weight excluding hydrogens is 416 g/mol. The fourth-order valence-electron chi connectivity index (χ4n) is 3.40. The summed E-state index contributed by atoms with van der Waals surface area (Å²) in [5, 5.41) is 6.61. The lowest BCUT2D eigenvalue weighted by molar-refractivity contribution is 0.103. The van der Waals surface area contributed by atoms with E-state index in [9.17, 15) is 4.79 Å². The molecule has 0 aliphatic rings. The fourth-order valence-corrected chi connectivity index (χ4v) is 5.26. The third-order valence-corrected chi connectivity index (χ3v) is 6.78. The summed E-state index contributed by atoms with van der Waals surface area (Å²) in [5.41, 5.74) is 2.67. The molecule has 2 aromatic carbocycles. The maximum Gasteiger partial charge on any atom is 0.267 e. The minimum Gasteiger partial charge on any atom is -0.497 e. The van der Waals surface area contributed by atoms with Gasteiger partial charge in [-0.2, -0.15) is 0 Å². The smallest absolute Gasteiger partial charge is 0.267 e. The van der Waals surface area contributed by atoms with Crippen LogP contribution in [0.5, 0.6) is 11.5 Å². The van der Waals surface area contributed by atoms with Crippen molar-refractivity contribution < 1.29 is 14.3 Å². The topological polar surface area (TPSA) is 60.5 Å². The van der Waals surface area contributed by atoms with E-state index in [0.717, 1.165) is 50.4 Å². The van der Waals surface area contributed by atoms with Crippen LogP contribution in [-0.4, -0.2) is 25.1 Å². The minimum absolute atomic E-state index is 0.113. The van der Waals surface area contributed by atoms with Gasteiger partial charge in [0.05, 0.1) is 24.8 Å². The predicted molar refractivity (Wildman–Crippen MR) is 124 cm³/mol. The van der Waals surface area contributed by atoms with Crippen molar-refractivity contribution in [1.82, 2.24) is 4.98 Å². The molecule has 0 fully saturated rings. The Morgan fingerprint density at radius 1 is 1.13 bits per heavy atom. The number of carbonyl (C=O) groups is 1. The van der Waals surface area contributed by atoms with Gasteiger partial charge < -0.3 is 9.47 Å². The zero-order chi connectivity index (χ0) is 21.1. The van der Waals surface area contributed by atoms with Crippen molar-refractivity contribution in [3.8, 4) is 22.8 Å². The van der Waals surface area contributed by atoms with Crippen molar-refractivity contribution >= 4 is 43.8 Å².